The fraction of sp³-hybridized carbons (Fsp3) is 0.368. The summed E-state index contributed by atoms with van der Waals surface area (Å²) in [6.45, 7) is 1.87. The zero-order valence-corrected chi connectivity index (χ0v) is 17.0. The number of fused-ring (bicyclic) bond motifs is 3. The number of guanidine groups is 1. The van der Waals surface area contributed by atoms with E-state index in [9.17, 15) is 14.4 Å². The molecule has 29 heavy (non-hydrogen) atoms. The Morgan fingerprint density at radius 3 is 2.76 bits per heavy atom. The smallest absolute Gasteiger partial charge is 0.328 e. The molecular weight excluding hydrogens is 398 g/mol. The number of ether oxygens (including phenoxy) is 1. The van der Waals surface area contributed by atoms with Crippen molar-refractivity contribution in [2.75, 3.05) is 25.6 Å². The Morgan fingerprint density at radius 1 is 1.31 bits per heavy atom. The first-order valence-electron chi connectivity index (χ1n) is 9.08. The van der Waals surface area contributed by atoms with Crippen molar-refractivity contribution < 1.29 is 19.1 Å². The number of nitrogens with zero attached hydrogens (tertiary/aromatic N) is 5. The zero-order chi connectivity index (χ0) is 20.9. The van der Waals surface area contributed by atoms with Crippen LogP contribution < -0.4 is 4.90 Å². The highest BCUT2D eigenvalue weighted by Crippen LogP contribution is 2.37. The Hall–Kier alpha value is -3.07. The summed E-state index contributed by atoms with van der Waals surface area (Å²) in [7, 11) is 2.87. The van der Waals surface area contributed by atoms with Crippen LogP contribution >= 0.6 is 11.6 Å². The van der Waals surface area contributed by atoms with Crippen molar-refractivity contribution in [3.05, 3.63) is 41.2 Å². The second-order valence-corrected chi connectivity index (χ2v) is 7.43. The summed E-state index contributed by atoms with van der Waals surface area (Å²) in [6, 6.07) is 6.16. The minimum atomic E-state index is -0.690. The van der Waals surface area contributed by atoms with Gasteiger partial charge in [-0.05, 0) is 25.1 Å². The largest absolute Gasteiger partial charge is 0.469 e. The highest BCUT2D eigenvalue weighted by molar-refractivity contribution is 6.31. The van der Waals surface area contributed by atoms with E-state index in [1.54, 1.807) is 18.0 Å². The zero-order valence-electron chi connectivity index (χ0n) is 16.2. The van der Waals surface area contributed by atoms with Gasteiger partial charge in [0.05, 0.1) is 19.2 Å². The maximum absolute atomic E-state index is 13.2. The molecule has 1 saturated heterocycles. The van der Waals surface area contributed by atoms with E-state index in [2.05, 4.69) is 9.73 Å². The van der Waals surface area contributed by atoms with E-state index in [1.165, 1.54) is 12.0 Å². The van der Waals surface area contributed by atoms with Crippen molar-refractivity contribution in [1.82, 2.24) is 14.7 Å². The van der Waals surface area contributed by atoms with Gasteiger partial charge in [0.25, 0.3) is 5.91 Å². The molecule has 0 bridgehead atoms. The third-order valence-corrected chi connectivity index (χ3v) is 5.46. The number of imide groups is 1. The van der Waals surface area contributed by atoms with E-state index in [4.69, 9.17) is 11.6 Å². The van der Waals surface area contributed by atoms with E-state index >= 15 is 0 Å². The molecule has 3 aliphatic rings. The van der Waals surface area contributed by atoms with Gasteiger partial charge in [0, 0.05) is 30.5 Å². The van der Waals surface area contributed by atoms with Gasteiger partial charge in [-0.3, -0.25) is 19.4 Å². The van der Waals surface area contributed by atoms with Crippen LogP contribution in [0.15, 0.2) is 41.2 Å². The van der Waals surface area contributed by atoms with E-state index in [0.29, 0.717) is 11.0 Å². The minimum absolute atomic E-state index is 0.0399. The van der Waals surface area contributed by atoms with Gasteiger partial charge in [-0.2, -0.15) is 0 Å². The number of halogens is 1. The molecule has 0 saturated carbocycles. The van der Waals surface area contributed by atoms with Crippen molar-refractivity contribution in [3.63, 3.8) is 0 Å². The first-order valence-corrected chi connectivity index (χ1v) is 9.46. The molecule has 9 nitrogen and oxygen atoms in total. The molecule has 3 heterocycles. The fourth-order valence-corrected chi connectivity index (χ4v) is 3.98. The average molecular weight is 418 g/mol. The molecule has 1 aromatic rings. The van der Waals surface area contributed by atoms with Gasteiger partial charge < -0.3 is 14.5 Å². The number of allylic oxidation sites excluding steroid dienone is 1. The van der Waals surface area contributed by atoms with Crippen molar-refractivity contribution in [3.8, 4) is 0 Å². The quantitative estimate of drug-likeness (QED) is 0.695. The van der Waals surface area contributed by atoms with Gasteiger partial charge in [0.15, 0.2) is 12.2 Å². The third kappa shape index (κ3) is 3.02. The topological polar surface area (TPSA) is 85.8 Å². The number of anilines is 1. The monoisotopic (exact) mass is 417 g/mol. The molecule has 3 aliphatic heterocycles. The number of methoxy groups -OCH3 is 1. The highest BCUT2D eigenvalue weighted by atomic mass is 35.5. The van der Waals surface area contributed by atoms with Crippen LogP contribution in [-0.2, 0) is 14.3 Å². The van der Waals surface area contributed by atoms with Gasteiger partial charge in [-0.25, -0.2) is 9.79 Å². The van der Waals surface area contributed by atoms with E-state index in [0.717, 1.165) is 16.3 Å². The molecule has 10 heteroatoms. The minimum Gasteiger partial charge on any atom is -0.469 e. The number of aliphatic imine (C=N–C) groups is 1. The lowest BCUT2D eigenvalue weighted by Gasteiger charge is -2.40. The van der Waals surface area contributed by atoms with E-state index in [1.807, 2.05) is 36.2 Å². The van der Waals surface area contributed by atoms with Crippen LogP contribution in [0.1, 0.15) is 13.3 Å². The van der Waals surface area contributed by atoms with Gasteiger partial charge in [0.1, 0.15) is 0 Å². The van der Waals surface area contributed by atoms with Crippen LogP contribution in [0.4, 0.5) is 10.5 Å². The predicted molar refractivity (Wildman–Crippen MR) is 106 cm³/mol. The Bertz CT molecular complexity index is 962. The SMILES string of the molecule is COC(=O)CCN1C(=O)C2C(N=C3N(c4cccc(Cl)c4)C(C)=CN32)N(C)C1=O. The lowest BCUT2D eigenvalue weighted by atomic mass is 10.1. The van der Waals surface area contributed by atoms with Crippen molar-refractivity contribution in [1.29, 1.82) is 0 Å². The number of benzene rings is 1. The number of esters is 1. The first kappa shape index (κ1) is 19.3. The van der Waals surface area contributed by atoms with Crippen LogP contribution in [0, 0.1) is 0 Å². The Morgan fingerprint density at radius 2 is 2.07 bits per heavy atom. The number of rotatable bonds is 4. The number of carbonyl (C=O) groups excluding carboxylic acids is 3. The first-order chi connectivity index (χ1) is 13.8. The Kier molecular flexibility index (Phi) is 4.70. The molecule has 3 amide bonds. The lowest BCUT2D eigenvalue weighted by Crippen LogP contribution is -2.64. The van der Waals surface area contributed by atoms with E-state index in [-0.39, 0.29) is 13.0 Å². The molecule has 0 aliphatic carbocycles. The van der Waals surface area contributed by atoms with Gasteiger partial charge >= 0.3 is 12.0 Å². The van der Waals surface area contributed by atoms with Gasteiger partial charge in [0.2, 0.25) is 5.96 Å². The summed E-state index contributed by atoms with van der Waals surface area (Å²) in [5, 5.41) is 0.585. The molecule has 4 rings (SSSR count). The fourth-order valence-electron chi connectivity index (χ4n) is 3.80. The standard InChI is InChI=1S/C19H20ClN5O4/c1-11-10-24-15-16(21-18(24)25(11)13-6-4-5-12(20)9-13)22(2)19(28)23(17(15)27)8-7-14(26)29-3/h4-6,9-10,15-16H,7-8H2,1-3H3. The Balaban J connectivity index is 1.65. The molecule has 152 valence electrons. The van der Waals surface area contributed by atoms with E-state index < -0.39 is 30.1 Å². The van der Waals surface area contributed by atoms with Crippen molar-refractivity contribution >= 4 is 41.2 Å². The average Bonchev–Trinajstić information content (AvgIpc) is 3.20. The molecule has 1 aromatic carbocycles. The lowest BCUT2D eigenvalue weighted by molar-refractivity contribution is -0.142. The number of likely N-dealkylation sites (N-methyl/N-ethyl adjacent to an activating group) is 1. The number of carbonyl (C=O) groups is 3. The molecular formula is C19H20ClN5O4. The molecule has 2 atom stereocenters. The van der Waals surface area contributed by atoms with Crippen LogP contribution in [0.3, 0.4) is 0 Å². The predicted octanol–water partition coefficient (Wildman–Crippen LogP) is 1.84. The Labute approximate surface area is 172 Å². The maximum atomic E-state index is 13.2. The summed E-state index contributed by atoms with van der Waals surface area (Å²) in [4.78, 5) is 48.2. The number of hydrogen-bond donors (Lipinski definition) is 0. The maximum Gasteiger partial charge on any atom is 0.328 e. The molecule has 0 aromatic heterocycles. The molecule has 0 spiro atoms. The molecule has 0 radical (unpaired) electrons. The second kappa shape index (κ2) is 7.07. The van der Waals surface area contributed by atoms with Crippen LogP contribution in [-0.4, -0.2) is 71.5 Å². The second-order valence-electron chi connectivity index (χ2n) is 6.99. The number of hydrogen-bond acceptors (Lipinski definition) is 7. The van der Waals surface area contributed by atoms with Crippen LogP contribution in [0.25, 0.3) is 0 Å². The van der Waals surface area contributed by atoms with Crippen LogP contribution in [0.5, 0.6) is 0 Å². The van der Waals surface area contributed by atoms with Gasteiger partial charge in [-0.1, -0.05) is 17.7 Å². The third-order valence-electron chi connectivity index (χ3n) is 5.22. The summed E-state index contributed by atoms with van der Waals surface area (Å²) >= 11 is 6.14. The number of urea groups is 1. The summed E-state index contributed by atoms with van der Waals surface area (Å²) in [5.74, 6) is -0.317. The normalized spacial score (nSPS) is 23.2. The van der Waals surface area contributed by atoms with Crippen molar-refractivity contribution in [2.45, 2.75) is 25.6 Å². The summed E-state index contributed by atoms with van der Waals surface area (Å²) in [6.07, 6.45) is 1.13. The van der Waals surface area contributed by atoms with Crippen LogP contribution in [0.2, 0.25) is 5.02 Å². The van der Waals surface area contributed by atoms with Crippen molar-refractivity contribution in [2.24, 2.45) is 4.99 Å². The molecule has 0 N–H and O–H groups in total. The molecule has 2 unspecified atom stereocenters. The molecule has 1 fully saturated rings. The summed E-state index contributed by atoms with van der Waals surface area (Å²) in [5.41, 5.74) is 1.69. The van der Waals surface area contributed by atoms with Gasteiger partial charge in [-0.15, -0.1) is 0 Å². The highest BCUT2D eigenvalue weighted by Gasteiger charge is 2.54. The summed E-state index contributed by atoms with van der Waals surface area (Å²) < 4.78 is 4.62. The number of amides is 3.